The van der Waals surface area contributed by atoms with Crippen LogP contribution in [0.5, 0.6) is 5.75 Å². The Labute approximate surface area is 130 Å². The second kappa shape index (κ2) is 7.92. The molecule has 0 amide bonds. The van der Waals surface area contributed by atoms with Crippen LogP contribution in [0.25, 0.3) is 0 Å². The molecule has 4 heteroatoms. The van der Waals surface area contributed by atoms with Crippen LogP contribution in [0.15, 0.2) is 48.5 Å². The zero-order valence-corrected chi connectivity index (χ0v) is 12.9. The Kier molecular flexibility index (Phi) is 5.92. The van der Waals surface area contributed by atoms with E-state index in [1.807, 2.05) is 24.3 Å². The number of halogens is 1. The lowest BCUT2D eigenvalue weighted by atomic mass is 10.0. The quantitative estimate of drug-likeness (QED) is 0.821. The molecule has 0 aliphatic heterocycles. The highest BCUT2D eigenvalue weighted by molar-refractivity contribution is 5.29. The van der Waals surface area contributed by atoms with Gasteiger partial charge in [-0.2, -0.15) is 0 Å². The molecule has 22 heavy (non-hydrogen) atoms. The third kappa shape index (κ3) is 4.06. The molecular formula is C18H22FNO2. The zero-order chi connectivity index (χ0) is 15.9. The number of benzene rings is 2. The number of aliphatic hydroxyl groups excluding tert-OH is 1. The van der Waals surface area contributed by atoms with E-state index in [-0.39, 0.29) is 11.9 Å². The maximum absolute atomic E-state index is 13.7. The van der Waals surface area contributed by atoms with Crippen molar-refractivity contribution in [1.29, 1.82) is 0 Å². The monoisotopic (exact) mass is 303 g/mol. The minimum Gasteiger partial charge on any atom is -0.497 e. The van der Waals surface area contributed by atoms with Crippen molar-refractivity contribution in [1.82, 2.24) is 5.32 Å². The Morgan fingerprint density at radius 3 is 2.41 bits per heavy atom. The Morgan fingerprint density at radius 2 is 1.82 bits per heavy atom. The van der Waals surface area contributed by atoms with Gasteiger partial charge in [0.2, 0.25) is 0 Å². The third-order valence-corrected chi connectivity index (χ3v) is 3.75. The lowest BCUT2D eigenvalue weighted by Crippen LogP contribution is -2.26. The molecule has 0 radical (unpaired) electrons. The van der Waals surface area contributed by atoms with Crippen molar-refractivity contribution in [2.24, 2.45) is 0 Å². The van der Waals surface area contributed by atoms with Crippen molar-refractivity contribution in [3.63, 3.8) is 0 Å². The van der Waals surface area contributed by atoms with Gasteiger partial charge in [0, 0.05) is 18.2 Å². The van der Waals surface area contributed by atoms with E-state index in [0.717, 1.165) is 17.7 Å². The fraction of sp³-hybridized carbons (Fsp3) is 0.333. The number of hydrogen-bond acceptors (Lipinski definition) is 3. The molecule has 0 aliphatic carbocycles. The summed E-state index contributed by atoms with van der Waals surface area (Å²) in [5, 5.41) is 13.4. The topological polar surface area (TPSA) is 41.5 Å². The number of nitrogens with one attached hydrogen (secondary N) is 1. The second-order valence-corrected chi connectivity index (χ2v) is 5.18. The number of methoxy groups -OCH3 is 1. The molecule has 2 N–H and O–H groups in total. The molecule has 0 aromatic heterocycles. The van der Waals surface area contributed by atoms with Gasteiger partial charge in [0.05, 0.1) is 13.2 Å². The highest BCUT2D eigenvalue weighted by Gasteiger charge is 2.15. The molecule has 0 saturated heterocycles. The molecule has 0 fully saturated rings. The Bertz CT molecular complexity index is 586. The van der Waals surface area contributed by atoms with E-state index >= 15 is 0 Å². The van der Waals surface area contributed by atoms with Gasteiger partial charge in [-0.25, -0.2) is 4.39 Å². The molecule has 118 valence electrons. The maximum Gasteiger partial charge on any atom is 0.129 e. The molecule has 3 nitrogen and oxygen atoms in total. The van der Waals surface area contributed by atoms with Crippen LogP contribution >= 0.6 is 0 Å². The van der Waals surface area contributed by atoms with E-state index in [9.17, 15) is 9.50 Å². The Morgan fingerprint density at radius 1 is 1.14 bits per heavy atom. The van der Waals surface area contributed by atoms with E-state index in [1.165, 1.54) is 6.07 Å². The summed E-state index contributed by atoms with van der Waals surface area (Å²) in [5.41, 5.74) is 1.43. The first-order chi connectivity index (χ1) is 10.7. The summed E-state index contributed by atoms with van der Waals surface area (Å²) in [5.74, 6) is 0.430. The molecule has 2 unspecified atom stereocenters. The average Bonchev–Trinajstić information content (AvgIpc) is 2.56. The number of ether oxygens (including phenoxy) is 1. The van der Waals surface area contributed by atoms with Crippen molar-refractivity contribution in [2.45, 2.75) is 25.5 Å². The molecule has 0 bridgehead atoms. The predicted molar refractivity (Wildman–Crippen MR) is 85.4 cm³/mol. The highest BCUT2D eigenvalue weighted by Crippen LogP contribution is 2.22. The smallest absolute Gasteiger partial charge is 0.129 e. The van der Waals surface area contributed by atoms with Crippen LogP contribution in [0.2, 0.25) is 0 Å². The first-order valence-electron chi connectivity index (χ1n) is 7.45. The summed E-state index contributed by atoms with van der Waals surface area (Å²) in [4.78, 5) is 0. The molecule has 0 saturated carbocycles. The fourth-order valence-electron chi connectivity index (χ4n) is 2.44. The van der Waals surface area contributed by atoms with Crippen LogP contribution in [-0.4, -0.2) is 18.8 Å². The number of rotatable bonds is 7. The summed E-state index contributed by atoms with van der Waals surface area (Å²) in [7, 11) is 1.63. The van der Waals surface area contributed by atoms with Crippen molar-refractivity contribution in [3.05, 3.63) is 65.5 Å². The summed E-state index contributed by atoms with van der Waals surface area (Å²) in [6.45, 7) is 2.36. The van der Waals surface area contributed by atoms with Gasteiger partial charge in [-0.1, -0.05) is 37.3 Å². The van der Waals surface area contributed by atoms with E-state index in [1.54, 1.807) is 25.3 Å². The van der Waals surface area contributed by atoms with Gasteiger partial charge >= 0.3 is 0 Å². The third-order valence-electron chi connectivity index (χ3n) is 3.75. The molecule has 0 heterocycles. The lowest BCUT2D eigenvalue weighted by Gasteiger charge is -2.20. The van der Waals surface area contributed by atoms with E-state index in [2.05, 4.69) is 12.2 Å². The van der Waals surface area contributed by atoms with Crippen molar-refractivity contribution in [2.75, 3.05) is 13.7 Å². The SMILES string of the molecule is CCC(NCC(O)c1ccccc1F)c1ccc(OC)cc1. The van der Waals surface area contributed by atoms with E-state index in [0.29, 0.717) is 12.1 Å². The molecule has 2 aromatic carbocycles. The largest absolute Gasteiger partial charge is 0.497 e. The molecule has 0 aliphatic rings. The number of hydrogen-bond donors (Lipinski definition) is 2. The van der Waals surface area contributed by atoms with Gasteiger partial charge in [0.1, 0.15) is 11.6 Å². The average molecular weight is 303 g/mol. The Balaban J connectivity index is 1.99. The summed E-state index contributed by atoms with van der Waals surface area (Å²) >= 11 is 0. The van der Waals surface area contributed by atoms with E-state index < -0.39 is 6.10 Å². The summed E-state index contributed by atoms with van der Waals surface area (Å²) < 4.78 is 18.8. The van der Waals surface area contributed by atoms with Crippen LogP contribution in [0.1, 0.15) is 36.6 Å². The van der Waals surface area contributed by atoms with Gasteiger partial charge in [-0.05, 0) is 30.2 Å². The number of aliphatic hydroxyl groups is 1. The molecule has 0 spiro atoms. The van der Waals surface area contributed by atoms with Crippen molar-refractivity contribution in [3.8, 4) is 5.75 Å². The minimum absolute atomic E-state index is 0.104. The van der Waals surface area contributed by atoms with Gasteiger partial charge in [-0.3, -0.25) is 0 Å². The summed E-state index contributed by atoms with van der Waals surface area (Å²) in [6.07, 6.45) is 0.00422. The van der Waals surface area contributed by atoms with Crippen LogP contribution in [-0.2, 0) is 0 Å². The normalized spacial score (nSPS) is 13.6. The predicted octanol–water partition coefficient (Wildman–Crippen LogP) is 3.61. The lowest BCUT2D eigenvalue weighted by molar-refractivity contribution is 0.165. The van der Waals surface area contributed by atoms with E-state index in [4.69, 9.17) is 4.74 Å². The van der Waals surface area contributed by atoms with Crippen LogP contribution in [0.3, 0.4) is 0 Å². The van der Waals surface area contributed by atoms with Gasteiger partial charge < -0.3 is 15.2 Å². The first-order valence-corrected chi connectivity index (χ1v) is 7.45. The Hall–Kier alpha value is -1.91. The van der Waals surface area contributed by atoms with Crippen LogP contribution in [0, 0.1) is 5.82 Å². The highest BCUT2D eigenvalue weighted by atomic mass is 19.1. The maximum atomic E-state index is 13.7. The zero-order valence-electron chi connectivity index (χ0n) is 12.9. The molecule has 2 atom stereocenters. The van der Waals surface area contributed by atoms with Crippen LogP contribution < -0.4 is 10.1 Å². The fourth-order valence-corrected chi connectivity index (χ4v) is 2.44. The standard InChI is InChI=1S/C18H22FNO2/c1-3-17(13-8-10-14(22-2)11-9-13)20-12-18(21)15-6-4-5-7-16(15)19/h4-11,17-18,20-21H,3,12H2,1-2H3. The van der Waals surface area contributed by atoms with Crippen molar-refractivity contribution < 1.29 is 14.2 Å². The second-order valence-electron chi connectivity index (χ2n) is 5.18. The first kappa shape index (κ1) is 16.5. The van der Waals surface area contributed by atoms with Gasteiger partial charge in [0.15, 0.2) is 0 Å². The van der Waals surface area contributed by atoms with Gasteiger partial charge in [-0.15, -0.1) is 0 Å². The molecule has 2 aromatic rings. The van der Waals surface area contributed by atoms with Crippen molar-refractivity contribution >= 4 is 0 Å². The minimum atomic E-state index is -0.867. The summed E-state index contributed by atoms with van der Waals surface area (Å²) in [6, 6.07) is 14.2. The molecular weight excluding hydrogens is 281 g/mol. The van der Waals surface area contributed by atoms with Gasteiger partial charge in [0.25, 0.3) is 0 Å². The molecule has 2 rings (SSSR count). The van der Waals surface area contributed by atoms with Crippen LogP contribution in [0.4, 0.5) is 4.39 Å².